The van der Waals surface area contributed by atoms with Gasteiger partial charge in [0.05, 0.1) is 6.61 Å². The second-order valence-electron chi connectivity index (χ2n) is 14.4. The number of aliphatic hydroxyl groups excluding tert-OH is 1. The molecule has 0 aliphatic heterocycles. The molecule has 0 rings (SSSR count). The molecule has 0 aromatic rings. The summed E-state index contributed by atoms with van der Waals surface area (Å²) in [6, 6.07) is 0. The third kappa shape index (κ3) is 40.4. The van der Waals surface area contributed by atoms with Gasteiger partial charge in [0.1, 0.15) is 6.61 Å². The first-order valence-electron chi connectivity index (χ1n) is 21.8. The molecule has 0 aliphatic carbocycles. The summed E-state index contributed by atoms with van der Waals surface area (Å²) in [4.78, 5) is 24.3. The van der Waals surface area contributed by atoms with Crippen LogP contribution in [0.4, 0.5) is 0 Å². The molecule has 52 heavy (non-hydrogen) atoms. The molecule has 0 saturated carbocycles. The van der Waals surface area contributed by atoms with E-state index in [1.54, 1.807) is 0 Å². The third-order valence-corrected chi connectivity index (χ3v) is 9.33. The average molecular weight is 727 g/mol. The summed E-state index contributed by atoms with van der Waals surface area (Å²) in [5.74, 6) is -0.625. The van der Waals surface area contributed by atoms with Gasteiger partial charge in [0, 0.05) is 12.8 Å². The van der Waals surface area contributed by atoms with Gasteiger partial charge in [-0.1, -0.05) is 197 Å². The standard InChI is InChI=1S/C47H82O5/c1-3-5-7-9-11-13-15-17-19-21-23-25-27-29-31-33-35-37-39-41-46(49)51-44-45(43-48)52-47(50)42-40-38-36-34-32-30-28-26-24-22-20-18-16-14-12-10-8-6-4-2/h5,7,11,13,17,19,23,25,29,31,45,48H,3-4,6,8-10,12,14-16,18,20-22,24,26-28,30,32-44H2,1-2H3/b7-5+,13-11+,19-17+,25-23+,31-29+/t45-/m0/s1. The lowest BCUT2D eigenvalue weighted by molar-refractivity contribution is -0.161. The number of carbonyl (C=O) groups excluding carboxylic acids is 2. The number of unbranched alkanes of at least 4 members (excludes halogenated alkanes) is 21. The molecule has 1 N–H and O–H groups in total. The van der Waals surface area contributed by atoms with Crippen LogP contribution in [0.1, 0.15) is 206 Å². The number of esters is 2. The van der Waals surface area contributed by atoms with Crippen molar-refractivity contribution in [1.82, 2.24) is 0 Å². The van der Waals surface area contributed by atoms with Gasteiger partial charge in [-0.2, -0.15) is 0 Å². The van der Waals surface area contributed by atoms with Crippen LogP contribution in [0.25, 0.3) is 0 Å². The summed E-state index contributed by atoms with van der Waals surface area (Å²) in [6.07, 6.45) is 55.8. The quantitative estimate of drug-likeness (QED) is 0.0388. The van der Waals surface area contributed by atoms with Crippen molar-refractivity contribution in [1.29, 1.82) is 0 Å². The van der Waals surface area contributed by atoms with Crippen molar-refractivity contribution < 1.29 is 24.2 Å². The maximum Gasteiger partial charge on any atom is 0.306 e. The van der Waals surface area contributed by atoms with Gasteiger partial charge >= 0.3 is 11.9 Å². The Morgan fingerprint density at radius 3 is 1.25 bits per heavy atom. The number of allylic oxidation sites excluding steroid dienone is 10. The summed E-state index contributed by atoms with van der Waals surface area (Å²) in [7, 11) is 0. The predicted molar refractivity (Wildman–Crippen MR) is 223 cm³/mol. The first kappa shape index (κ1) is 49.6. The average Bonchev–Trinajstić information content (AvgIpc) is 3.15. The van der Waals surface area contributed by atoms with Crippen LogP contribution in [0.5, 0.6) is 0 Å². The van der Waals surface area contributed by atoms with Crippen LogP contribution >= 0.6 is 0 Å². The van der Waals surface area contributed by atoms with Crippen molar-refractivity contribution in [3.05, 3.63) is 60.8 Å². The smallest absolute Gasteiger partial charge is 0.306 e. The van der Waals surface area contributed by atoms with E-state index in [2.05, 4.69) is 74.6 Å². The van der Waals surface area contributed by atoms with Crippen molar-refractivity contribution in [2.75, 3.05) is 13.2 Å². The van der Waals surface area contributed by atoms with Crippen LogP contribution in [0, 0.1) is 0 Å². The molecule has 0 amide bonds. The van der Waals surface area contributed by atoms with E-state index in [9.17, 15) is 14.7 Å². The molecule has 300 valence electrons. The number of hydrogen-bond donors (Lipinski definition) is 1. The van der Waals surface area contributed by atoms with Crippen LogP contribution in [0.2, 0.25) is 0 Å². The fourth-order valence-electron chi connectivity index (χ4n) is 6.05. The van der Waals surface area contributed by atoms with Crippen molar-refractivity contribution in [2.45, 2.75) is 213 Å². The second kappa shape index (κ2) is 43.0. The highest BCUT2D eigenvalue weighted by atomic mass is 16.6. The van der Waals surface area contributed by atoms with E-state index in [1.165, 1.54) is 103 Å². The van der Waals surface area contributed by atoms with E-state index in [1.807, 2.05) is 0 Å². The Balaban J connectivity index is 3.59. The van der Waals surface area contributed by atoms with Gasteiger partial charge in [-0.25, -0.2) is 0 Å². The van der Waals surface area contributed by atoms with Gasteiger partial charge < -0.3 is 14.6 Å². The van der Waals surface area contributed by atoms with E-state index in [0.29, 0.717) is 12.8 Å². The topological polar surface area (TPSA) is 72.8 Å². The number of ether oxygens (including phenoxy) is 2. The number of rotatable bonds is 39. The van der Waals surface area contributed by atoms with E-state index in [4.69, 9.17) is 9.47 Å². The van der Waals surface area contributed by atoms with E-state index in [0.717, 1.165) is 77.0 Å². The molecule has 0 spiro atoms. The van der Waals surface area contributed by atoms with Crippen LogP contribution in [0.15, 0.2) is 60.8 Å². The van der Waals surface area contributed by atoms with Crippen LogP contribution in [-0.4, -0.2) is 36.4 Å². The van der Waals surface area contributed by atoms with Gasteiger partial charge in [-0.15, -0.1) is 0 Å². The molecule has 0 aromatic heterocycles. The lowest BCUT2D eigenvalue weighted by atomic mass is 10.0. The first-order chi connectivity index (χ1) is 25.6. The summed E-state index contributed by atoms with van der Waals surface area (Å²) in [5, 5.41) is 9.58. The lowest BCUT2D eigenvalue weighted by Crippen LogP contribution is -2.28. The first-order valence-corrected chi connectivity index (χ1v) is 21.8. The minimum absolute atomic E-state index is 0.0830. The molecular formula is C47H82O5. The van der Waals surface area contributed by atoms with Gasteiger partial charge in [-0.05, 0) is 57.8 Å². The maximum absolute atomic E-state index is 12.2. The summed E-state index contributed by atoms with van der Waals surface area (Å²) < 4.78 is 10.6. The zero-order chi connectivity index (χ0) is 37.8. The molecule has 1 atom stereocenters. The zero-order valence-electron chi connectivity index (χ0n) is 34.1. The Bertz CT molecular complexity index is 915. The van der Waals surface area contributed by atoms with E-state index in [-0.39, 0.29) is 25.2 Å². The summed E-state index contributed by atoms with van der Waals surface area (Å²) in [5.41, 5.74) is 0. The number of hydrogen-bond acceptors (Lipinski definition) is 5. The molecule has 0 unspecified atom stereocenters. The Morgan fingerprint density at radius 2 is 0.827 bits per heavy atom. The van der Waals surface area contributed by atoms with Crippen molar-refractivity contribution in [3.63, 3.8) is 0 Å². The fourth-order valence-corrected chi connectivity index (χ4v) is 6.05. The van der Waals surface area contributed by atoms with Crippen molar-refractivity contribution in [2.24, 2.45) is 0 Å². The molecule has 0 saturated heterocycles. The van der Waals surface area contributed by atoms with Crippen molar-refractivity contribution in [3.8, 4) is 0 Å². The third-order valence-electron chi connectivity index (χ3n) is 9.33. The maximum atomic E-state index is 12.2. The fraction of sp³-hybridized carbons (Fsp3) is 0.745. The SMILES string of the molecule is CC/C=C/C/C=C/C/C=C/C/C=C/C/C=C/CCCCCC(=O)OC[C@H](CO)OC(=O)CCCCCCCCCCCCCCCCCCCCC. The Morgan fingerprint density at radius 1 is 0.462 bits per heavy atom. The molecule has 5 heteroatoms. The predicted octanol–water partition coefficient (Wildman–Crippen LogP) is 14.0. The lowest BCUT2D eigenvalue weighted by Gasteiger charge is -2.15. The van der Waals surface area contributed by atoms with Crippen LogP contribution in [0.3, 0.4) is 0 Å². The van der Waals surface area contributed by atoms with Crippen LogP contribution < -0.4 is 0 Å². The summed E-state index contributed by atoms with van der Waals surface area (Å²) >= 11 is 0. The van der Waals surface area contributed by atoms with E-state index >= 15 is 0 Å². The molecule has 0 heterocycles. The van der Waals surface area contributed by atoms with Gasteiger partial charge in [0.2, 0.25) is 0 Å². The minimum atomic E-state index is -0.785. The number of aliphatic hydroxyl groups is 1. The molecule has 0 fully saturated rings. The molecule has 5 nitrogen and oxygen atoms in total. The molecule has 0 aromatic carbocycles. The molecular weight excluding hydrogens is 645 g/mol. The molecule has 0 radical (unpaired) electrons. The summed E-state index contributed by atoms with van der Waals surface area (Å²) in [6.45, 7) is 4.01. The van der Waals surface area contributed by atoms with Gasteiger partial charge in [-0.3, -0.25) is 9.59 Å². The number of carbonyl (C=O) groups is 2. The van der Waals surface area contributed by atoms with Crippen LogP contribution in [-0.2, 0) is 19.1 Å². The minimum Gasteiger partial charge on any atom is -0.462 e. The second-order valence-corrected chi connectivity index (χ2v) is 14.4. The highest BCUT2D eigenvalue weighted by molar-refractivity contribution is 5.70. The van der Waals surface area contributed by atoms with Gasteiger partial charge in [0.15, 0.2) is 6.10 Å². The van der Waals surface area contributed by atoms with Gasteiger partial charge in [0.25, 0.3) is 0 Å². The zero-order valence-corrected chi connectivity index (χ0v) is 34.1. The Labute approximate surface area is 321 Å². The molecule has 0 bridgehead atoms. The largest absolute Gasteiger partial charge is 0.462 e. The highest BCUT2D eigenvalue weighted by Crippen LogP contribution is 2.15. The Kier molecular flexibility index (Phi) is 41.0. The van der Waals surface area contributed by atoms with E-state index < -0.39 is 6.10 Å². The highest BCUT2D eigenvalue weighted by Gasteiger charge is 2.16. The monoisotopic (exact) mass is 727 g/mol. The Hall–Kier alpha value is -2.40. The normalized spacial score (nSPS) is 12.8. The van der Waals surface area contributed by atoms with Crippen molar-refractivity contribution >= 4 is 11.9 Å². The molecule has 0 aliphatic rings.